The molecule has 2 fully saturated rings. The van der Waals surface area contributed by atoms with Gasteiger partial charge in [-0.15, -0.1) is 11.3 Å². The first-order chi connectivity index (χ1) is 13.2. The summed E-state index contributed by atoms with van der Waals surface area (Å²) in [7, 11) is 0. The van der Waals surface area contributed by atoms with Crippen LogP contribution >= 0.6 is 11.3 Å². The molecule has 140 valence electrons. The molecular formula is C22H26N4S. The van der Waals surface area contributed by atoms with Gasteiger partial charge in [-0.25, -0.2) is 15.0 Å². The van der Waals surface area contributed by atoms with Crippen LogP contribution in [0, 0.1) is 13.8 Å². The van der Waals surface area contributed by atoms with E-state index in [1.807, 2.05) is 17.5 Å². The maximum atomic E-state index is 4.91. The number of pyridine rings is 2. The van der Waals surface area contributed by atoms with Gasteiger partial charge in [-0.05, 0) is 82.3 Å². The third-order valence-electron chi connectivity index (χ3n) is 6.01. The number of aromatic nitrogens is 3. The van der Waals surface area contributed by atoms with Gasteiger partial charge in [0.1, 0.15) is 0 Å². The van der Waals surface area contributed by atoms with E-state index in [0.717, 1.165) is 31.2 Å². The van der Waals surface area contributed by atoms with Crippen LogP contribution in [0.15, 0.2) is 24.4 Å². The van der Waals surface area contributed by atoms with E-state index in [1.54, 1.807) is 0 Å². The number of piperidine rings is 1. The number of nitrogens with zero attached hydrogens (tertiary/aromatic N) is 4. The molecule has 0 spiro atoms. The molecule has 1 saturated carbocycles. The zero-order valence-corrected chi connectivity index (χ0v) is 16.9. The molecular weight excluding hydrogens is 352 g/mol. The number of hydrogen-bond acceptors (Lipinski definition) is 5. The van der Waals surface area contributed by atoms with Gasteiger partial charge in [-0.3, -0.25) is 4.90 Å². The molecule has 1 saturated heterocycles. The van der Waals surface area contributed by atoms with Gasteiger partial charge in [0.2, 0.25) is 0 Å². The van der Waals surface area contributed by atoms with Gasteiger partial charge in [0, 0.05) is 34.6 Å². The molecule has 3 aromatic rings. The minimum atomic E-state index is 0.555. The minimum absolute atomic E-state index is 0.555. The second-order valence-corrected chi connectivity index (χ2v) is 9.41. The standard InChI is InChI=1S/C22H26N4S/c1-14-21(27-15(2)24-14)13-26-9-7-17(8-10-26)20-6-5-18-11-19(16-3-4-16)12-23-22(18)25-20/h5-6,11-12,16-17H,3-4,7-10,13H2,1-2H3. The van der Waals surface area contributed by atoms with Crippen LogP contribution in [0.4, 0.5) is 0 Å². The fourth-order valence-corrected chi connectivity index (χ4v) is 5.20. The highest BCUT2D eigenvalue weighted by molar-refractivity contribution is 7.11. The molecule has 1 aliphatic carbocycles. The molecule has 2 aliphatic rings. The van der Waals surface area contributed by atoms with Gasteiger partial charge < -0.3 is 0 Å². The molecule has 0 N–H and O–H groups in total. The Morgan fingerprint density at radius 1 is 1.04 bits per heavy atom. The maximum absolute atomic E-state index is 4.91. The normalized spacial score (nSPS) is 19.0. The number of rotatable bonds is 4. The fraction of sp³-hybridized carbons (Fsp3) is 0.500. The Balaban J connectivity index is 1.26. The first kappa shape index (κ1) is 17.3. The van der Waals surface area contributed by atoms with Crippen LogP contribution in [0.5, 0.6) is 0 Å². The topological polar surface area (TPSA) is 41.9 Å². The third kappa shape index (κ3) is 3.63. The molecule has 3 aromatic heterocycles. The largest absolute Gasteiger partial charge is 0.298 e. The smallest absolute Gasteiger partial charge is 0.159 e. The van der Waals surface area contributed by atoms with Crippen LogP contribution in [-0.2, 0) is 6.54 Å². The highest BCUT2D eigenvalue weighted by Gasteiger charge is 2.25. The SMILES string of the molecule is Cc1nc(C)c(CN2CCC(c3ccc4cc(C5CC5)cnc4n3)CC2)s1. The molecule has 0 radical (unpaired) electrons. The predicted molar refractivity (Wildman–Crippen MR) is 110 cm³/mol. The summed E-state index contributed by atoms with van der Waals surface area (Å²) in [4.78, 5) is 18.1. The van der Waals surface area contributed by atoms with E-state index < -0.39 is 0 Å². The lowest BCUT2D eigenvalue weighted by Crippen LogP contribution is -2.32. The first-order valence-corrected chi connectivity index (χ1v) is 10.9. The lowest BCUT2D eigenvalue weighted by atomic mass is 9.92. The van der Waals surface area contributed by atoms with Crippen molar-refractivity contribution < 1.29 is 0 Å². The quantitative estimate of drug-likeness (QED) is 0.643. The highest BCUT2D eigenvalue weighted by Crippen LogP contribution is 2.40. The van der Waals surface area contributed by atoms with Crippen molar-refractivity contribution in [2.45, 2.75) is 57.9 Å². The Labute approximate surface area is 164 Å². The Kier molecular flexibility index (Phi) is 4.44. The minimum Gasteiger partial charge on any atom is -0.298 e. The molecule has 0 atom stereocenters. The average molecular weight is 379 g/mol. The van der Waals surface area contributed by atoms with Gasteiger partial charge >= 0.3 is 0 Å². The summed E-state index contributed by atoms with van der Waals surface area (Å²) in [5, 5.41) is 2.37. The first-order valence-electron chi connectivity index (χ1n) is 10.1. The highest BCUT2D eigenvalue weighted by atomic mass is 32.1. The van der Waals surface area contributed by atoms with Crippen molar-refractivity contribution >= 4 is 22.4 Å². The predicted octanol–water partition coefficient (Wildman–Crippen LogP) is 4.96. The number of hydrogen-bond donors (Lipinski definition) is 0. The summed E-state index contributed by atoms with van der Waals surface area (Å²) < 4.78 is 0. The molecule has 0 amide bonds. The molecule has 4 heterocycles. The zero-order chi connectivity index (χ0) is 18.4. The van der Waals surface area contributed by atoms with Crippen molar-refractivity contribution in [1.29, 1.82) is 0 Å². The van der Waals surface area contributed by atoms with Crippen LogP contribution in [0.25, 0.3) is 11.0 Å². The van der Waals surface area contributed by atoms with Crippen LogP contribution in [0.1, 0.15) is 64.4 Å². The van der Waals surface area contributed by atoms with Gasteiger partial charge in [0.15, 0.2) is 5.65 Å². The Hall–Kier alpha value is -1.85. The molecule has 0 aromatic carbocycles. The van der Waals surface area contributed by atoms with Gasteiger partial charge in [-0.2, -0.15) is 0 Å². The van der Waals surface area contributed by atoms with E-state index in [0.29, 0.717) is 5.92 Å². The second kappa shape index (κ2) is 6.95. The molecule has 0 bridgehead atoms. The van der Waals surface area contributed by atoms with Gasteiger partial charge in [0.05, 0.1) is 10.7 Å². The zero-order valence-electron chi connectivity index (χ0n) is 16.1. The van der Waals surface area contributed by atoms with Crippen molar-refractivity contribution in [2.24, 2.45) is 0 Å². The molecule has 4 nitrogen and oxygen atoms in total. The molecule has 5 heteroatoms. The summed E-state index contributed by atoms with van der Waals surface area (Å²) in [5.41, 5.74) is 4.72. The molecule has 5 rings (SSSR count). The van der Waals surface area contributed by atoms with Crippen molar-refractivity contribution in [3.8, 4) is 0 Å². The number of aryl methyl sites for hydroxylation is 2. The number of fused-ring (bicyclic) bond motifs is 1. The molecule has 0 unspecified atom stereocenters. The Morgan fingerprint density at radius 3 is 2.56 bits per heavy atom. The fourth-order valence-electron chi connectivity index (χ4n) is 4.22. The average Bonchev–Trinajstić information content (AvgIpc) is 3.48. The Morgan fingerprint density at radius 2 is 1.85 bits per heavy atom. The van der Waals surface area contributed by atoms with Gasteiger partial charge in [-0.1, -0.05) is 0 Å². The monoisotopic (exact) mass is 378 g/mol. The summed E-state index contributed by atoms with van der Waals surface area (Å²) >= 11 is 1.84. The molecule has 27 heavy (non-hydrogen) atoms. The van der Waals surface area contributed by atoms with Crippen LogP contribution < -0.4 is 0 Å². The second-order valence-electron chi connectivity index (χ2n) is 8.12. The molecule has 1 aliphatic heterocycles. The van der Waals surface area contributed by atoms with Crippen molar-refractivity contribution in [3.05, 3.63) is 51.2 Å². The number of likely N-dealkylation sites (tertiary alicyclic amines) is 1. The van der Waals surface area contributed by atoms with Crippen LogP contribution in [-0.4, -0.2) is 32.9 Å². The van der Waals surface area contributed by atoms with Crippen molar-refractivity contribution in [2.75, 3.05) is 13.1 Å². The number of thiazole rings is 1. The van der Waals surface area contributed by atoms with Gasteiger partial charge in [0.25, 0.3) is 0 Å². The summed E-state index contributed by atoms with van der Waals surface area (Å²) in [6, 6.07) is 6.75. The third-order valence-corrected chi connectivity index (χ3v) is 7.06. The van der Waals surface area contributed by atoms with E-state index in [-0.39, 0.29) is 0 Å². The van der Waals surface area contributed by atoms with E-state index in [9.17, 15) is 0 Å². The van der Waals surface area contributed by atoms with E-state index >= 15 is 0 Å². The lowest BCUT2D eigenvalue weighted by molar-refractivity contribution is 0.204. The van der Waals surface area contributed by atoms with Crippen molar-refractivity contribution in [1.82, 2.24) is 19.9 Å². The van der Waals surface area contributed by atoms with Crippen LogP contribution in [0.3, 0.4) is 0 Å². The van der Waals surface area contributed by atoms with Crippen molar-refractivity contribution in [3.63, 3.8) is 0 Å². The van der Waals surface area contributed by atoms with E-state index in [2.05, 4.69) is 46.9 Å². The maximum Gasteiger partial charge on any atom is 0.159 e. The summed E-state index contributed by atoms with van der Waals surface area (Å²) in [6.45, 7) is 7.54. The van der Waals surface area contributed by atoms with E-state index in [4.69, 9.17) is 4.98 Å². The summed E-state index contributed by atoms with van der Waals surface area (Å²) in [5.74, 6) is 1.30. The lowest BCUT2D eigenvalue weighted by Gasteiger charge is -2.31. The van der Waals surface area contributed by atoms with Crippen LogP contribution in [0.2, 0.25) is 0 Å². The Bertz CT molecular complexity index is 968. The summed E-state index contributed by atoms with van der Waals surface area (Å²) in [6.07, 6.45) is 7.03. The van der Waals surface area contributed by atoms with E-state index in [1.165, 1.54) is 57.9 Å².